The van der Waals surface area contributed by atoms with Crippen LogP contribution in [0.4, 0.5) is 0 Å². The van der Waals surface area contributed by atoms with Gasteiger partial charge in [-0.3, -0.25) is 4.99 Å². The minimum atomic E-state index is 0.778. The molecule has 0 unspecified atom stereocenters. The second kappa shape index (κ2) is 8.37. The van der Waals surface area contributed by atoms with Crippen molar-refractivity contribution in [3.63, 3.8) is 0 Å². The summed E-state index contributed by atoms with van der Waals surface area (Å²) in [7, 11) is 1.68. The van der Waals surface area contributed by atoms with Gasteiger partial charge in [0, 0.05) is 17.0 Å². The van der Waals surface area contributed by atoms with E-state index < -0.39 is 0 Å². The molecule has 1 N–H and O–H groups in total. The molecule has 0 atom stereocenters. The molecular weight excluding hydrogens is 340 g/mol. The molecule has 0 spiro atoms. The van der Waals surface area contributed by atoms with Gasteiger partial charge >= 0.3 is 0 Å². The summed E-state index contributed by atoms with van der Waals surface area (Å²) in [4.78, 5) is 6.46. The van der Waals surface area contributed by atoms with Crippen LogP contribution in [0.2, 0.25) is 0 Å². The van der Waals surface area contributed by atoms with Gasteiger partial charge in [-0.25, -0.2) is 0 Å². The number of fused-ring (bicyclic) bond motifs is 1. The SMILES string of the molecule is COc1ccc2oc(-c3ccccc3)cc(=NCC[NH+]3CCOCC3)c2c1. The smallest absolute Gasteiger partial charge is 0.137 e. The van der Waals surface area contributed by atoms with Crippen molar-refractivity contribution in [2.75, 3.05) is 46.5 Å². The number of benzene rings is 2. The van der Waals surface area contributed by atoms with E-state index in [1.165, 1.54) is 0 Å². The van der Waals surface area contributed by atoms with Crippen molar-refractivity contribution in [2.45, 2.75) is 0 Å². The largest absolute Gasteiger partial charge is 0.497 e. The lowest BCUT2D eigenvalue weighted by atomic mass is 10.1. The summed E-state index contributed by atoms with van der Waals surface area (Å²) >= 11 is 0. The van der Waals surface area contributed by atoms with E-state index in [2.05, 4.69) is 12.1 Å². The van der Waals surface area contributed by atoms with E-state index in [1.54, 1.807) is 12.0 Å². The second-order valence-corrected chi connectivity index (χ2v) is 6.72. The Kier molecular flexibility index (Phi) is 5.51. The Labute approximate surface area is 158 Å². The molecule has 140 valence electrons. The first kappa shape index (κ1) is 17.8. The zero-order chi connectivity index (χ0) is 18.5. The summed E-state index contributed by atoms with van der Waals surface area (Å²) < 4.78 is 17.0. The molecule has 3 aromatic rings. The van der Waals surface area contributed by atoms with E-state index in [0.29, 0.717) is 0 Å². The van der Waals surface area contributed by atoms with E-state index in [-0.39, 0.29) is 0 Å². The number of methoxy groups -OCH3 is 1. The van der Waals surface area contributed by atoms with Crippen molar-refractivity contribution in [3.05, 3.63) is 60.0 Å². The second-order valence-electron chi connectivity index (χ2n) is 6.72. The van der Waals surface area contributed by atoms with Gasteiger partial charge in [-0.15, -0.1) is 0 Å². The van der Waals surface area contributed by atoms with Crippen LogP contribution in [0.5, 0.6) is 5.75 Å². The number of hydrogen-bond donors (Lipinski definition) is 1. The molecule has 1 aliphatic rings. The topological polar surface area (TPSA) is 48.4 Å². The van der Waals surface area contributed by atoms with E-state index >= 15 is 0 Å². The molecule has 5 nitrogen and oxygen atoms in total. The van der Waals surface area contributed by atoms with Crippen LogP contribution < -0.4 is 15.0 Å². The average Bonchev–Trinajstić information content (AvgIpc) is 2.74. The quantitative estimate of drug-likeness (QED) is 0.752. The van der Waals surface area contributed by atoms with Gasteiger partial charge < -0.3 is 18.8 Å². The van der Waals surface area contributed by atoms with Gasteiger partial charge in [0.05, 0.1) is 38.8 Å². The van der Waals surface area contributed by atoms with Crippen LogP contribution in [0.15, 0.2) is 64.0 Å². The van der Waals surface area contributed by atoms with Crippen LogP contribution in [0, 0.1) is 0 Å². The summed E-state index contributed by atoms with van der Waals surface area (Å²) in [6.07, 6.45) is 0. The van der Waals surface area contributed by atoms with Crippen molar-refractivity contribution < 1.29 is 18.8 Å². The molecule has 0 aliphatic carbocycles. The van der Waals surface area contributed by atoms with Crippen LogP contribution in [-0.2, 0) is 4.74 Å². The van der Waals surface area contributed by atoms with Gasteiger partial charge in [0.1, 0.15) is 30.2 Å². The Bertz CT molecular complexity index is 960. The summed E-state index contributed by atoms with van der Waals surface area (Å²) in [5.41, 5.74) is 1.86. The molecule has 1 aromatic heterocycles. The van der Waals surface area contributed by atoms with E-state index in [4.69, 9.17) is 18.9 Å². The lowest BCUT2D eigenvalue weighted by Gasteiger charge is -2.22. The van der Waals surface area contributed by atoms with E-state index in [0.717, 1.165) is 72.8 Å². The third-order valence-electron chi connectivity index (χ3n) is 4.96. The number of ether oxygens (including phenoxy) is 2. The van der Waals surface area contributed by atoms with Crippen LogP contribution in [0.25, 0.3) is 22.3 Å². The molecule has 2 aromatic carbocycles. The third kappa shape index (κ3) is 4.21. The van der Waals surface area contributed by atoms with Gasteiger partial charge in [-0.05, 0) is 18.2 Å². The molecule has 0 amide bonds. The first-order chi connectivity index (χ1) is 13.3. The van der Waals surface area contributed by atoms with E-state index in [1.807, 2.05) is 42.5 Å². The first-order valence-electron chi connectivity index (χ1n) is 9.42. The average molecular weight is 365 g/mol. The molecule has 27 heavy (non-hydrogen) atoms. The van der Waals surface area contributed by atoms with Crippen LogP contribution in [0.1, 0.15) is 0 Å². The standard InChI is InChI=1S/C22H24N2O3/c1-25-18-7-8-21-19(15-18)20(23-9-10-24-11-13-26-14-12-24)16-22(27-21)17-5-3-2-4-6-17/h2-8,15-16H,9-14H2,1H3/p+1. The molecular formula is C22H25N2O3+. The first-order valence-corrected chi connectivity index (χ1v) is 9.42. The normalized spacial score (nSPS) is 16.0. The fraction of sp³-hybridized carbons (Fsp3) is 0.318. The van der Waals surface area contributed by atoms with Gasteiger partial charge in [0.2, 0.25) is 0 Å². The highest BCUT2D eigenvalue weighted by Crippen LogP contribution is 2.24. The third-order valence-corrected chi connectivity index (χ3v) is 4.96. The Hall–Kier alpha value is -2.63. The van der Waals surface area contributed by atoms with Gasteiger partial charge in [0.25, 0.3) is 0 Å². The monoisotopic (exact) mass is 365 g/mol. The lowest BCUT2D eigenvalue weighted by molar-refractivity contribution is -0.906. The maximum Gasteiger partial charge on any atom is 0.137 e. The number of hydrogen-bond acceptors (Lipinski definition) is 4. The van der Waals surface area contributed by atoms with Gasteiger partial charge in [-0.2, -0.15) is 0 Å². The highest BCUT2D eigenvalue weighted by atomic mass is 16.5. The number of nitrogens with one attached hydrogen (secondary N) is 1. The fourth-order valence-corrected chi connectivity index (χ4v) is 3.40. The zero-order valence-electron chi connectivity index (χ0n) is 15.6. The fourth-order valence-electron chi connectivity index (χ4n) is 3.40. The molecule has 1 aliphatic heterocycles. The lowest BCUT2D eigenvalue weighted by Crippen LogP contribution is -3.14. The Balaban J connectivity index is 1.71. The Morgan fingerprint density at radius 2 is 1.85 bits per heavy atom. The maximum absolute atomic E-state index is 6.15. The number of rotatable bonds is 5. The predicted molar refractivity (Wildman–Crippen MR) is 105 cm³/mol. The van der Waals surface area contributed by atoms with Gasteiger partial charge in [-0.1, -0.05) is 30.3 Å². The molecule has 0 radical (unpaired) electrons. The Morgan fingerprint density at radius 1 is 1.04 bits per heavy atom. The molecule has 1 fully saturated rings. The number of quaternary nitrogens is 1. The zero-order valence-corrected chi connectivity index (χ0v) is 15.6. The van der Waals surface area contributed by atoms with Crippen molar-refractivity contribution in [1.82, 2.24) is 0 Å². The Morgan fingerprint density at radius 3 is 2.63 bits per heavy atom. The molecule has 0 bridgehead atoms. The molecule has 4 rings (SSSR count). The van der Waals surface area contributed by atoms with Crippen LogP contribution in [0.3, 0.4) is 0 Å². The number of nitrogens with zero attached hydrogens (tertiary/aromatic N) is 1. The number of morpholine rings is 1. The van der Waals surface area contributed by atoms with Crippen molar-refractivity contribution >= 4 is 11.0 Å². The van der Waals surface area contributed by atoms with Crippen LogP contribution >= 0.6 is 0 Å². The summed E-state index contributed by atoms with van der Waals surface area (Å²) in [5, 5.41) is 1.92. The van der Waals surface area contributed by atoms with Crippen LogP contribution in [-0.4, -0.2) is 46.5 Å². The van der Waals surface area contributed by atoms with Gasteiger partial charge in [0.15, 0.2) is 0 Å². The summed E-state index contributed by atoms with van der Waals surface area (Å²) in [6.45, 7) is 5.60. The summed E-state index contributed by atoms with van der Waals surface area (Å²) in [5.74, 6) is 1.63. The molecule has 5 heteroatoms. The van der Waals surface area contributed by atoms with E-state index in [9.17, 15) is 0 Å². The van der Waals surface area contributed by atoms with Crippen molar-refractivity contribution in [1.29, 1.82) is 0 Å². The predicted octanol–water partition coefficient (Wildman–Crippen LogP) is 1.92. The summed E-state index contributed by atoms with van der Waals surface area (Å²) in [6, 6.07) is 18.0. The minimum Gasteiger partial charge on any atom is -0.497 e. The molecule has 1 saturated heterocycles. The maximum atomic E-state index is 6.15. The highest BCUT2D eigenvalue weighted by molar-refractivity contribution is 5.80. The molecule has 2 heterocycles. The van der Waals surface area contributed by atoms with Crippen molar-refractivity contribution in [2.24, 2.45) is 4.99 Å². The molecule has 0 saturated carbocycles. The minimum absolute atomic E-state index is 0.778. The van der Waals surface area contributed by atoms with Crippen molar-refractivity contribution in [3.8, 4) is 17.1 Å². The highest BCUT2D eigenvalue weighted by Gasteiger charge is 2.13.